The molecule has 0 aliphatic carbocycles. The third kappa shape index (κ3) is 4.51. The molecule has 2 aliphatic rings. The first kappa shape index (κ1) is 25.4. The molecule has 0 saturated carbocycles. The number of H-pyrrole nitrogens is 1. The number of imide groups is 1. The fraction of sp³-hybridized carbons (Fsp3) is 0.179. The van der Waals surface area contributed by atoms with Crippen LogP contribution in [0, 0.1) is 12.8 Å². The van der Waals surface area contributed by atoms with E-state index in [1.54, 1.807) is 24.3 Å². The van der Waals surface area contributed by atoms with Crippen LogP contribution in [0.1, 0.15) is 27.5 Å². The number of fused-ring (bicyclic) bond motifs is 2. The van der Waals surface area contributed by atoms with Gasteiger partial charge in [-0.15, -0.1) is 0 Å². The van der Waals surface area contributed by atoms with Crippen molar-refractivity contribution in [3.63, 3.8) is 0 Å². The molecule has 0 bridgehead atoms. The van der Waals surface area contributed by atoms with Crippen LogP contribution in [0.4, 0.5) is 5.69 Å². The van der Waals surface area contributed by atoms with E-state index in [2.05, 4.69) is 20.9 Å². The van der Waals surface area contributed by atoms with Gasteiger partial charge in [-0.25, -0.2) is 4.90 Å². The average molecular weight is 628 g/mol. The summed E-state index contributed by atoms with van der Waals surface area (Å²) >= 11 is 11.9. The number of aromatic amines is 1. The lowest BCUT2D eigenvalue weighted by Crippen LogP contribution is -2.32. The van der Waals surface area contributed by atoms with Crippen molar-refractivity contribution in [2.45, 2.75) is 29.7 Å². The standard InChI is InChI=1S/C28H20BrClN2O4S2/c1-14-2-9-18(10-3-14)32-26(33)22-21(23-25(31-28(35)38-23)37-24(22)27(32)34)19-12-16(29)6-11-20(19)36-13-15-4-7-17(30)8-5-15/h2-12,21-22,24H,13H2,1H3,(H,31,35). The van der Waals surface area contributed by atoms with Crippen LogP contribution in [0.25, 0.3) is 0 Å². The van der Waals surface area contributed by atoms with Gasteiger partial charge in [0.1, 0.15) is 17.6 Å². The van der Waals surface area contributed by atoms with E-state index in [1.165, 1.54) is 16.7 Å². The molecule has 6 rings (SSSR count). The average Bonchev–Trinajstić information content (AvgIpc) is 3.39. The Morgan fingerprint density at radius 3 is 2.47 bits per heavy atom. The van der Waals surface area contributed by atoms with Gasteiger partial charge in [-0.05, 0) is 55.0 Å². The van der Waals surface area contributed by atoms with E-state index in [9.17, 15) is 14.4 Å². The molecule has 2 aliphatic heterocycles. The van der Waals surface area contributed by atoms with Crippen LogP contribution >= 0.6 is 50.6 Å². The quantitative estimate of drug-likeness (QED) is 0.255. The number of aryl methyl sites for hydroxylation is 1. The number of nitrogens with one attached hydrogen (secondary N) is 1. The second kappa shape index (κ2) is 10.0. The number of halogens is 2. The summed E-state index contributed by atoms with van der Waals surface area (Å²) in [5.74, 6) is -1.21. The number of ether oxygens (including phenoxy) is 1. The predicted molar refractivity (Wildman–Crippen MR) is 154 cm³/mol. The molecule has 3 unspecified atom stereocenters. The summed E-state index contributed by atoms with van der Waals surface area (Å²) in [5, 5.41) is 0.595. The van der Waals surface area contributed by atoms with Crippen LogP contribution in [0.5, 0.6) is 5.75 Å². The topological polar surface area (TPSA) is 79.5 Å². The summed E-state index contributed by atoms with van der Waals surface area (Å²) in [5.41, 5.74) is 3.26. The highest BCUT2D eigenvalue weighted by atomic mass is 79.9. The molecule has 3 heterocycles. The number of thiazole rings is 1. The molecule has 10 heteroatoms. The van der Waals surface area contributed by atoms with Crippen molar-refractivity contribution in [2.24, 2.45) is 5.92 Å². The Balaban J connectivity index is 1.44. The van der Waals surface area contributed by atoms with Crippen LogP contribution in [-0.4, -0.2) is 22.0 Å². The van der Waals surface area contributed by atoms with E-state index < -0.39 is 17.1 Å². The number of hydrogen-bond acceptors (Lipinski definition) is 6. The lowest BCUT2D eigenvalue weighted by molar-refractivity contribution is -0.122. The maximum atomic E-state index is 14.0. The monoisotopic (exact) mass is 626 g/mol. The van der Waals surface area contributed by atoms with E-state index in [4.69, 9.17) is 16.3 Å². The lowest BCUT2D eigenvalue weighted by Gasteiger charge is -2.31. The van der Waals surface area contributed by atoms with Crippen LogP contribution in [0.3, 0.4) is 0 Å². The molecule has 6 nitrogen and oxygen atoms in total. The van der Waals surface area contributed by atoms with Gasteiger partial charge in [-0.3, -0.25) is 14.4 Å². The summed E-state index contributed by atoms with van der Waals surface area (Å²) in [7, 11) is 0. The van der Waals surface area contributed by atoms with E-state index in [0.717, 1.165) is 37.4 Å². The molecule has 1 aromatic heterocycles. The minimum atomic E-state index is -0.695. The van der Waals surface area contributed by atoms with E-state index in [-0.39, 0.29) is 16.7 Å². The zero-order chi connectivity index (χ0) is 26.6. The molecular weight excluding hydrogens is 608 g/mol. The first-order valence-electron chi connectivity index (χ1n) is 11.8. The molecule has 1 saturated heterocycles. The minimum absolute atomic E-state index is 0.221. The SMILES string of the molecule is Cc1ccc(N2C(=O)C3Sc4[nH]c(=O)sc4C(c4cc(Br)ccc4OCc4ccc(Cl)cc4)C3C2=O)cc1. The van der Waals surface area contributed by atoms with Crippen LogP contribution in [0.2, 0.25) is 5.02 Å². The molecule has 2 amide bonds. The highest BCUT2D eigenvalue weighted by Crippen LogP contribution is 2.54. The molecule has 38 heavy (non-hydrogen) atoms. The van der Waals surface area contributed by atoms with Gasteiger partial charge in [-0.1, -0.05) is 80.5 Å². The van der Waals surface area contributed by atoms with Crippen LogP contribution in [0.15, 0.2) is 81.0 Å². The van der Waals surface area contributed by atoms with Crippen molar-refractivity contribution in [3.8, 4) is 5.75 Å². The Bertz CT molecular complexity index is 1620. The fourth-order valence-corrected chi connectivity index (χ4v) is 7.95. The van der Waals surface area contributed by atoms with Gasteiger partial charge in [-0.2, -0.15) is 0 Å². The molecule has 4 aromatic rings. The number of rotatable bonds is 5. The van der Waals surface area contributed by atoms with Gasteiger partial charge in [0.05, 0.1) is 16.6 Å². The van der Waals surface area contributed by atoms with Gasteiger partial charge in [0.15, 0.2) is 0 Å². The molecule has 0 spiro atoms. The second-order valence-corrected chi connectivity index (χ2v) is 12.7. The Kier molecular flexibility index (Phi) is 6.72. The maximum Gasteiger partial charge on any atom is 0.305 e. The van der Waals surface area contributed by atoms with Gasteiger partial charge < -0.3 is 9.72 Å². The Labute approximate surface area is 240 Å². The summed E-state index contributed by atoms with van der Waals surface area (Å²) < 4.78 is 7.07. The molecule has 3 atom stereocenters. The fourth-order valence-electron chi connectivity index (χ4n) is 4.94. The normalized spacial score (nSPS) is 20.4. The number of anilines is 1. The number of benzene rings is 3. The molecule has 1 fully saturated rings. The van der Waals surface area contributed by atoms with Crippen molar-refractivity contribution < 1.29 is 14.3 Å². The van der Waals surface area contributed by atoms with Crippen molar-refractivity contribution >= 4 is 68.1 Å². The maximum absolute atomic E-state index is 14.0. The molecule has 192 valence electrons. The number of amides is 2. The van der Waals surface area contributed by atoms with Crippen molar-refractivity contribution in [2.75, 3.05) is 4.90 Å². The van der Waals surface area contributed by atoms with Crippen LogP contribution < -0.4 is 14.5 Å². The summed E-state index contributed by atoms with van der Waals surface area (Å²) in [6.07, 6.45) is 0. The van der Waals surface area contributed by atoms with E-state index >= 15 is 0 Å². The largest absolute Gasteiger partial charge is 0.489 e. The number of aromatic nitrogens is 1. The van der Waals surface area contributed by atoms with Gasteiger partial charge in [0.25, 0.3) is 0 Å². The zero-order valence-corrected chi connectivity index (χ0v) is 23.9. The Morgan fingerprint density at radius 1 is 1.00 bits per heavy atom. The highest BCUT2D eigenvalue weighted by molar-refractivity contribution is 9.10. The summed E-state index contributed by atoms with van der Waals surface area (Å²) in [6.45, 7) is 2.25. The molecule has 1 N–H and O–H groups in total. The Hall–Kier alpha value is -2.85. The van der Waals surface area contributed by atoms with Crippen molar-refractivity contribution in [1.29, 1.82) is 0 Å². The van der Waals surface area contributed by atoms with Crippen LogP contribution in [-0.2, 0) is 16.2 Å². The number of thioether (sulfide) groups is 1. The highest BCUT2D eigenvalue weighted by Gasteiger charge is 2.56. The smallest absolute Gasteiger partial charge is 0.305 e. The van der Waals surface area contributed by atoms with E-state index in [0.29, 0.717) is 28.1 Å². The number of carbonyl (C=O) groups excluding carboxylic acids is 2. The van der Waals surface area contributed by atoms with E-state index in [1.807, 2.05) is 49.4 Å². The number of carbonyl (C=O) groups is 2. The van der Waals surface area contributed by atoms with Crippen molar-refractivity contribution in [1.82, 2.24) is 4.98 Å². The Morgan fingerprint density at radius 2 is 1.74 bits per heavy atom. The first-order valence-corrected chi connectivity index (χ1v) is 14.7. The number of nitrogens with zero attached hydrogens (tertiary/aromatic N) is 1. The van der Waals surface area contributed by atoms with Gasteiger partial charge in [0, 0.05) is 25.9 Å². The molecular formula is C28H20BrClN2O4S2. The summed E-state index contributed by atoms with van der Waals surface area (Å²) in [6, 6.07) is 20.4. The third-order valence-electron chi connectivity index (χ3n) is 6.73. The minimum Gasteiger partial charge on any atom is -0.489 e. The second-order valence-electron chi connectivity index (χ2n) is 9.19. The molecule has 3 aromatic carbocycles. The summed E-state index contributed by atoms with van der Waals surface area (Å²) in [4.78, 5) is 44.8. The van der Waals surface area contributed by atoms with Crippen molar-refractivity contribution in [3.05, 3.63) is 107 Å². The first-order chi connectivity index (χ1) is 18.3. The van der Waals surface area contributed by atoms with Gasteiger partial charge >= 0.3 is 4.87 Å². The lowest BCUT2D eigenvalue weighted by atomic mass is 9.82. The molecule has 0 radical (unpaired) electrons. The predicted octanol–water partition coefficient (Wildman–Crippen LogP) is 6.54. The third-order valence-corrected chi connectivity index (χ3v) is 9.88. The zero-order valence-electron chi connectivity index (χ0n) is 19.9. The number of hydrogen-bond donors (Lipinski definition) is 1. The van der Waals surface area contributed by atoms with Gasteiger partial charge in [0.2, 0.25) is 11.8 Å².